The second kappa shape index (κ2) is 3.80. The summed E-state index contributed by atoms with van der Waals surface area (Å²) < 4.78 is 25.4. The summed E-state index contributed by atoms with van der Waals surface area (Å²) in [6, 6.07) is 2.54. The Morgan fingerprint density at radius 1 is 1.38 bits per heavy atom. The Bertz CT molecular complexity index is 359. The van der Waals surface area contributed by atoms with Gasteiger partial charge in [-0.05, 0) is 18.2 Å². The van der Waals surface area contributed by atoms with E-state index in [-0.39, 0.29) is 0 Å². The van der Waals surface area contributed by atoms with E-state index in [1.54, 1.807) is 0 Å². The molecule has 1 aromatic carbocycles. The van der Waals surface area contributed by atoms with Crippen molar-refractivity contribution in [2.75, 3.05) is 0 Å². The first-order valence-corrected chi connectivity index (χ1v) is 3.45. The number of benzene rings is 1. The van der Waals surface area contributed by atoms with E-state index < -0.39 is 23.0 Å². The van der Waals surface area contributed by atoms with E-state index in [1.165, 1.54) is 0 Å². The summed E-state index contributed by atoms with van der Waals surface area (Å²) in [6.45, 7) is 0. The predicted molar refractivity (Wildman–Crippen MR) is 42.5 cm³/mol. The second-order valence-corrected chi connectivity index (χ2v) is 2.30. The minimum atomic E-state index is -0.815. The third kappa shape index (κ3) is 2.11. The smallest absolute Gasteiger partial charge is 0.191 e. The molecule has 1 N–H and O–H groups in total. The summed E-state index contributed by atoms with van der Waals surface area (Å²) in [5.41, 5.74) is -0.398. The van der Waals surface area contributed by atoms with E-state index >= 15 is 0 Å². The number of rotatable bonds is 2. The summed E-state index contributed by atoms with van der Waals surface area (Å²) in [7, 11) is 0. The molecule has 0 bridgehead atoms. The Balaban J connectivity index is 3.13. The maximum Gasteiger partial charge on any atom is 0.191 e. The summed E-state index contributed by atoms with van der Waals surface area (Å²) in [6.07, 6.45) is 1.23. The first-order chi connectivity index (χ1) is 6.15. The van der Waals surface area contributed by atoms with E-state index in [0.717, 1.165) is 24.3 Å². The first-order valence-electron chi connectivity index (χ1n) is 3.45. The standard InChI is InChI=1S/C9H6F2O2/c10-6-1-2-8(11)7(5-6)9(13)3-4-12/h1-5,12H/b4-3+. The summed E-state index contributed by atoms with van der Waals surface area (Å²) in [5.74, 6) is -2.29. The molecule has 0 aromatic heterocycles. The Kier molecular flexibility index (Phi) is 2.74. The number of ketones is 1. The highest BCUT2D eigenvalue weighted by Crippen LogP contribution is 2.10. The molecule has 4 heteroatoms. The molecule has 2 nitrogen and oxygen atoms in total. The van der Waals surface area contributed by atoms with E-state index in [9.17, 15) is 13.6 Å². The minimum absolute atomic E-state index is 0.398. The van der Waals surface area contributed by atoms with Gasteiger partial charge in [-0.15, -0.1) is 0 Å². The Morgan fingerprint density at radius 2 is 2.08 bits per heavy atom. The second-order valence-electron chi connectivity index (χ2n) is 2.30. The third-order valence-corrected chi connectivity index (χ3v) is 1.42. The van der Waals surface area contributed by atoms with E-state index in [4.69, 9.17) is 5.11 Å². The zero-order valence-corrected chi connectivity index (χ0v) is 6.50. The number of allylic oxidation sites excluding steroid dienone is 1. The van der Waals surface area contributed by atoms with Crippen molar-refractivity contribution in [1.82, 2.24) is 0 Å². The Morgan fingerprint density at radius 3 is 2.69 bits per heavy atom. The molecule has 0 spiro atoms. The minimum Gasteiger partial charge on any atom is -0.515 e. The average molecular weight is 184 g/mol. The van der Waals surface area contributed by atoms with Crippen LogP contribution in [-0.4, -0.2) is 10.9 Å². The van der Waals surface area contributed by atoms with Gasteiger partial charge in [0, 0.05) is 6.08 Å². The average Bonchev–Trinajstić information content (AvgIpc) is 2.09. The van der Waals surface area contributed by atoms with Gasteiger partial charge in [0.05, 0.1) is 11.8 Å². The highest BCUT2D eigenvalue weighted by molar-refractivity contribution is 6.04. The van der Waals surface area contributed by atoms with Gasteiger partial charge in [0.15, 0.2) is 5.78 Å². The maximum absolute atomic E-state index is 12.8. The van der Waals surface area contributed by atoms with Crippen molar-refractivity contribution in [2.24, 2.45) is 0 Å². The molecule has 68 valence electrons. The van der Waals surface area contributed by atoms with Crippen LogP contribution in [0.5, 0.6) is 0 Å². The molecule has 13 heavy (non-hydrogen) atoms. The van der Waals surface area contributed by atoms with Crippen molar-refractivity contribution in [3.63, 3.8) is 0 Å². The van der Waals surface area contributed by atoms with Gasteiger partial charge in [-0.25, -0.2) is 8.78 Å². The van der Waals surface area contributed by atoms with Gasteiger partial charge in [0.25, 0.3) is 0 Å². The van der Waals surface area contributed by atoms with Gasteiger partial charge in [-0.1, -0.05) is 0 Å². The van der Waals surface area contributed by atoms with Crippen molar-refractivity contribution >= 4 is 5.78 Å². The van der Waals surface area contributed by atoms with Gasteiger partial charge in [-0.3, -0.25) is 4.79 Å². The summed E-state index contributed by atoms with van der Waals surface area (Å²) in [5, 5.41) is 8.24. The molecule has 0 aliphatic rings. The normalized spacial score (nSPS) is 10.6. The zero-order chi connectivity index (χ0) is 9.84. The predicted octanol–water partition coefficient (Wildman–Crippen LogP) is 2.22. The fraction of sp³-hybridized carbons (Fsp3) is 0. The molecule has 0 radical (unpaired) electrons. The molecule has 0 fully saturated rings. The number of hydrogen-bond acceptors (Lipinski definition) is 2. The van der Waals surface area contributed by atoms with E-state index in [1.807, 2.05) is 0 Å². The summed E-state index contributed by atoms with van der Waals surface area (Å²) >= 11 is 0. The van der Waals surface area contributed by atoms with Crippen molar-refractivity contribution in [3.8, 4) is 0 Å². The Hall–Kier alpha value is -1.71. The lowest BCUT2D eigenvalue weighted by Crippen LogP contribution is -1.99. The quantitative estimate of drug-likeness (QED) is 0.434. The molecule has 0 saturated carbocycles. The van der Waals surface area contributed by atoms with Crippen LogP contribution in [0.15, 0.2) is 30.5 Å². The van der Waals surface area contributed by atoms with Crippen LogP contribution < -0.4 is 0 Å². The van der Waals surface area contributed by atoms with Crippen LogP contribution in [-0.2, 0) is 0 Å². The number of carbonyl (C=O) groups is 1. The molecule has 0 aliphatic carbocycles. The van der Waals surface area contributed by atoms with Crippen LogP contribution in [0.1, 0.15) is 10.4 Å². The first kappa shape index (κ1) is 9.38. The molecule has 0 atom stereocenters. The zero-order valence-electron chi connectivity index (χ0n) is 6.50. The molecule has 0 heterocycles. The lowest BCUT2D eigenvalue weighted by atomic mass is 10.1. The third-order valence-electron chi connectivity index (χ3n) is 1.42. The molecular weight excluding hydrogens is 178 g/mol. The highest BCUT2D eigenvalue weighted by atomic mass is 19.1. The van der Waals surface area contributed by atoms with Crippen LogP contribution in [0.25, 0.3) is 0 Å². The van der Waals surface area contributed by atoms with Crippen molar-refractivity contribution in [3.05, 3.63) is 47.7 Å². The number of aliphatic hydroxyl groups excluding tert-OH is 1. The fourth-order valence-electron chi connectivity index (χ4n) is 0.844. The monoisotopic (exact) mass is 184 g/mol. The van der Waals surface area contributed by atoms with Crippen LogP contribution in [0.3, 0.4) is 0 Å². The van der Waals surface area contributed by atoms with Crippen LogP contribution >= 0.6 is 0 Å². The number of hydrogen-bond donors (Lipinski definition) is 1. The van der Waals surface area contributed by atoms with Crippen molar-refractivity contribution in [1.29, 1.82) is 0 Å². The maximum atomic E-state index is 12.8. The van der Waals surface area contributed by atoms with Gasteiger partial charge in [-0.2, -0.15) is 0 Å². The van der Waals surface area contributed by atoms with E-state index in [2.05, 4.69) is 0 Å². The van der Waals surface area contributed by atoms with Crippen LogP contribution in [0.4, 0.5) is 8.78 Å². The number of aliphatic hydroxyl groups is 1. The fourth-order valence-corrected chi connectivity index (χ4v) is 0.844. The Labute approximate surface area is 73.1 Å². The van der Waals surface area contributed by atoms with Crippen LogP contribution in [0.2, 0.25) is 0 Å². The van der Waals surface area contributed by atoms with Gasteiger partial charge in [0.1, 0.15) is 11.6 Å². The van der Waals surface area contributed by atoms with E-state index in [0.29, 0.717) is 6.26 Å². The summed E-state index contributed by atoms with van der Waals surface area (Å²) in [4.78, 5) is 11.0. The SMILES string of the molecule is O=C(/C=C/O)c1cc(F)ccc1F. The van der Waals surface area contributed by atoms with Gasteiger partial charge >= 0.3 is 0 Å². The molecule has 1 aromatic rings. The molecule has 0 saturated heterocycles. The molecule has 1 rings (SSSR count). The topological polar surface area (TPSA) is 37.3 Å². The van der Waals surface area contributed by atoms with Crippen LogP contribution in [0, 0.1) is 11.6 Å². The lowest BCUT2D eigenvalue weighted by Gasteiger charge is -1.97. The molecule has 0 amide bonds. The number of halogens is 2. The van der Waals surface area contributed by atoms with Crippen molar-refractivity contribution in [2.45, 2.75) is 0 Å². The molecular formula is C9H6F2O2. The molecule has 0 unspecified atom stereocenters. The highest BCUT2D eigenvalue weighted by Gasteiger charge is 2.09. The van der Waals surface area contributed by atoms with Gasteiger partial charge < -0.3 is 5.11 Å². The van der Waals surface area contributed by atoms with Gasteiger partial charge in [0.2, 0.25) is 0 Å². The largest absolute Gasteiger partial charge is 0.515 e. The number of carbonyl (C=O) groups excluding carboxylic acids is 1. The lowest BCUT2D eigenvalue weighted by molar-refractivity contribution is 0.104. The van der Waals surface area contributed by atoms with Crippen molar-refractivity contribution < 1.29 is 18.7 Å². The molecule has 0 aliphatic heterocycles.